The molecule has 45 heavy (non-hydrogen) atoms. The number of benzene rings is 4. The lowest BCUT2D eigenvalue weighted by atomic mass is 9.64. The number of hydrogen-bond acceptors (Lipinski definition) is 6. The van der Waals surface area contributed by atoms with Crippen LogP contribution < -0.4 is 15.0 Å². The zero-order valence-corrected chi connectivity index (χ0v) is 25.9. The topological polar surface area (TPSA) is 93.5 Å². The summed E-state index contributed by atoms with van der Waals surface area (Å²) in [6.45, 7) is 2.26. The second-order valence-electron chi connectivity index (χ2n) is 11.1. The molecule has 1 spiro atoms. The molecule has 1 amide bonds. The second kappa shape index (κ2) is 9.87. The van der Waals surface area contributed by atoms with Crippen molar-refractivity contribution in [2.24, 2.45) is 0 Å². The molecule has 8 nitrogen and oxygen atoms in total. The number of hydrogen-bond donors (Lipinski definition) is 1. The Morgan fingerprint density at radius 1 is 0.867 bits per heavy atom. The molecule has 0 bridgehead atoms. The van der Waals surface area contributed by atoms with Crippen LogP contribution in [0.4, 0.5) is 11.4 Å². The third-order valence-corrected chi connectivity index (χ3v) is 9.38. The van der Waals surface area contributed by atoms with Gasteiger partial charge in [-0.1, -0.05) is 70.5 Å². The van der Waals surface area contributed by atoms with E-state index in [0.717, 1.165) is 10.0 Å². The number of amides is 1. The summed E-state index contributed by atoms with van der Waals surface area (Å²) in [5.41, 5.74) is 3.30. The lowest BCUT2D eigenvalue weighted by molar-refractivity contribution is -0.120. The molecule has 0 radical (unpaired) electrons. The Hall–Kier alpha value is -5.28. The number of fused-ring (bicyclic) bond motifs is 6. The molecule has 4 aromatic carbocycles. The van der Waals surface area contributed by atoms with E-state index in [1.165, 1.54) is 0 Å². The van der Waals surface area contributed by atoms with Gasteiger partial charge in [0.15, 0.2) is 11.2 Å². The third kappa shape index (κ3) is 3.58. The normalized spacial score (nSPS) is 18.0. The first-order valence-corrected chi connectivity index (χ1v) is 15.3. The molecule has 2 aliphatic heterocycles. The van der Waals surface area contributed by atoms with E-state index >= 15 is 4.79 Å². The lowest BCUT2D eigenvalue weighted by Gasteiger charge is -2.39. The number of ketones is 2. The SMILES string of the molecule is CCN1C(=O)C2(C3=C(Nc4c(-c5ccccc5)nn(-c5ccc(OC)cc5)c42)C(=O)c2ccccc2C3=O)c2cc(Br)ccc21. The summed E-state index contributed by atoms with van der Waals surface area (Å²) < 4.78 is 7.89. The molecular weight excluding hydrogens is 632 g/mol. The summed E-state index contributed by atoms with van der Waals surface area (Å²) in [6.07, 6.45) is 0. The van der Waals surface area contributed by atoms with Crippen molar-refractivity contribution in [3.8, 4) is 22.7 Å². The molecule has 0 saturated heterocycles. The number of aromatic nitrogens is 2. The number of likely N-dealkylation sites (N-methyl/N-ethyl adjacent to an activating group) is 1. The number of rotatable bonds is 4. The zero-order valence-electron chi connectivity index (χ0n) is 24.3. The van der Waals surface area contributed by atoms with Gasteiger partial charge >= 0.3 is 0 Å². The van der Waals surface area contributed by atoms with Crippen molar-refractivity contribution in [1.82, 2.24) is 9.78 Å². The number of carbonyl (C=O) groups excluding carboxylic acids is 3. The Morgan fingerprint density at radius 2 is 1.56 bits per heavy atom. The van der Waals surface area contributed by atoms with Crippen LogP contribution in [0, 0.1) is 0 Å². The van der Waals surface area contributed by atoms with Gasteiger partial charge < -0.3 is 15.0 Å². The molecular formula is C36H25BrN4O4. The quantitative estimate of drug-likeness (QED) is 0.231. The Labute approximate surface area is 267 Å². The van der Waals surface area contributed by atoms with Crippen LogP contribution in [0.3, 0.4) is 0 Å². The number of nitrogens with one attached hydrogen (secondary N) is 1. The van der Waals surface area contributed by atoms with E-state index in [1.54, 1.807) is 41.0 Å². The van der Waals surface area contributed by atoms with E-state index in [4.69, 9.17) is 9.84 Å². The van der Waals surface area contributed by atoms with Crippen molar-refractivity contribution in [3.63, 3.8) is 0 Å². The van der Waals surface area contributed by atoms with Crippen molar-refractivity contribution < 1.29 is 19.1 Å². The van der Waals surface area contributed by atoms with Crippen molar-refractivity contribution in [2.75, 3.05) is 23.9 Å². The first-order valence-electron chi connectivity index (χ1n) is 14.6. The molecule has 1 N–H and O–H groups in total. The average Bonchev–Trinajstić information content (AvgIpc) is 3.57. The summed E-state index contributed by atoms with van der Waals surface area (Å²) in [6, 6.07) is 29.4. The van der Waals surface area contributed by atoms with Crippen LogP contribution in [-0.2, 0) is 10.2 Å². The van der Waals surface area contributed by atoms with Gasteiger partial charge in [-0.05, 0) is 49.4 Å². The maximum absolute atomic E-state index is 15.2. The Bertz CT molecular complexity index is 2130. The van der Waals surface area contributed by atoms with Crippen molar-refractivity contribution in [3.05, 3.63) is 135 Å². The fourth-order valence-corrected chi connectivity index (χ4v) is 7.30. The van der Waals surface area contributed by atoms with E-state index in [1.807, 2.05) is 79.7 Å². The summed E-state index contributed by atoms with van der Waals surface area (Å²) in [5.74, 6) is -0.378. The summed E-state index contributed by atoms with van der Waals surface area (Å²) >= 11 is 3.63. The molecule has 1 aliphatic carbocycles. The van der Waals surface area contributed by atoms with E-state index in [-0.39, 0.29) is 34.3 Å². The fraction of sp³-hybridized carbons (Fsp3) is 0.111. The highest BCUT2D eigenvalue weighted by Gasteiger charge is 2.63. The summed E-state index contributed by atoms with van der Waals surface area (Å²) in [4.78, 5) is 46.0. The van der Waals surface area contributed by atoms with Crippen molar-refractivity contribution in [1.29, 1.82) is 0 Å². The minimum Gasteiger partial charge on any atom is -0.497 e. The number of nitrogens with zero attached hydrogens (tertiary/aromatic N) is 3. The Morgan fingerprint density at radius 3 is 2.24 bits per heavy atom. The first kappa shape index (κ1) is 27.3. The largest absolute Gasteiger partial charge is 0.497 e. The molecule has 3 heterocycles. The maximum Gasteiger partial charge on any atom is 0.248 e. The Balaban J connectivity index is 1.55. The number of ether oxygens (including phenoxy) is 1. The number of allylic oxidation sites excluding steroid dienone is 1. The van der Waals surface area contributed by atoms with Gasteiger partial charge in [-0.15, -0.1) is 0 Å². The van der Waals surface area contributed by atoms with Gasteiger partial charge in [-0.2, -0.15) is 5.10 Å². The maximum atomic E-state index is 15.2. The number of halogens is 1. The van der Waals surface area contributed by atoms with E-state index in [2.05, 4.69) is 21.2 Å². The van der Waals surface area contributed by atoms with E-state index in [0.29, 0.717) is 51.9 Å². The Kier molecular flexibility index (Phi) is 5.98. The molecule has 1 unspecified atom stereocenters. The minimum atomic E-state index is -1.69. The van der Waals surface area contributed by atoms with Crippen LogP contribution >= 0.6 is 15.9 Å². The van der Waals surface area contributed by atoms with Gasteiger partial charge in [0.1, 0.15) is 11.4 Å². The lowest BCUT2D eigenvalue weighted by Crippen LogP contribution is -2.50. The van der Waals surface area contributed by atoms with Crippen molar-refractivity contribution in [2.45, 2.75) is 12.3 Å². The molecule has 9 heteroatoms. The number of methoxy groups -OCH3 is 1. The standard InChI is InChI=1S/C36H25BrN4O4/c1-3-40-27-18-13-21(37)19-26(27)36(35(40)44)28-30(33(43)25-12-8-7-11-24(25)32(28)42)38-31-29(20-9-5-4-6-10-20)39-41(34(31)36)22-14-16-23(45-2)17-15-22/h4-19,38H,3H2,1-2H3. The summed E-state index contributed by atoms with van der Waals surface area (Å²) in [5, 5.41) is 8.49. The van der Waals surface area contributed by atoms with Gasteiger partial charge in [0.25, 0.3) is 0 Å². The van der Waals surface area contributed by atoms with Gasteiger partial charge in [0, 0.05) is 39.0 Å². The predicted octanol–water partition coefficient (Wildman–Crippen LogP) is 6.72. The van der Waals surface area contributed by atoms with Crippen LogP contribution in [0.15, 0.2) is 113 Å². The molecule has 1 aromatic heterocycles. The fourth-order valence-electron chi connectivity index (χ4n) is 6.94. The smallest absolute Gasteiger partial charge is 0.248 e. The average molecular weight is 658 g/mol. The predicted molar refractivity (Wildman–Crippen MR) is 174 cm³/mol. The highest BCUT2D eigenvalue weighted by atomic mass is 79.9. The number of anilines is 2. The molecule has 3 aliphatic rings. The first-order chi connectivity index (χ1) is 21.9. The molecule has 1 atom stereocenters. The molecule has 5 aromatic rings. The van der Waals surface area contributed by atoms with E-state index < -0.39 is 5.41 Å². The van der Waals surface area contributed by atoms with E-state index in [9.17, 15) is 9.59 Å². The molecule has 0 saturated carbocycles. The van der Waals surface area contributed by atoms with Crippen LogP contribution in [0.25, 0.3) is 16.9 Å². The number of carbonyl (C=O) groups is 3. The van der Waals surface area contributed by atoms with Gasteiger partial charge in [0.05, 0.1) is 35.4 Å². The van der Waals surface area contributed by atoms with Crippen LogP contribution in [-0.4, -0.2) is 40.9 Å². The molecule has 8 rings (SSSR count). The van der Waals surface area contributed by atoms with Gasteiger partial charge in [-0.25, -0.2) is 4.68 Å². The molecule has 0 fully saturated rings. The monoisotopic (exact) mass is 656 g/mol. The van der Waals surface area contributed by atoms with Gasteiger partial charge in [-0.3, -0.25) is 14.4 Å². The molecule has 220 valence electrons. The second-order valence-corrected chi connectivity index (χ2v) is 12.0. The zero-order chi connectivity index (χ0) is 31.0. The van der Waals surface area contributed by atoms with Crippen molar-refractivity contribution >= 4 is 44.8 Å². The van der Waals surface area contributed by atoms with Crippen LogP contribution in [0.5, 0.6) is 5.75 Å². The summed E-state index contributed by atoms with van der Waals surface area (Å²) in [7, 11) is 1.60. The third-order valence-electron chi connectivity index (χ3n) is 8.89. The van der Waals surface area contributed by atoms with Crippen LogP contribution in [0.2, 0.25) is 0 Å². The highest BCUT2D eigenvalue weighted by Crippen LogP contribution is 2.59. The number of Topliss-reactive ketones (excluding diaryl/α,β-unsaturated/α-hetero) is 2. The highest BCUT2D eigenvalue weighted by molar-refractivity contribution is 9.10. The van der Waals surface area contributed by atoms with Gasteiger partial charge in [0.2, 0.25) is 11.7 Å². The minimum absolute atomic E-state index is 0.0925. The van der Waals surface area contributed by atoms with Crippen LogP contribution in [0.1, 0.15) is 38.9 Å².